The fourth-order valence-corrected chi connectivity index (χ4v) is 1.41. The first kappa shape index (κ1) is 9.58. The van der Waals surface area contributed by atoms with Gasteiger partial charge in [0.15, 0.2) is 0 Å². The molecular formula is C10H13NO2. The topological polar surface area (TPSA) is 49.3 Å². The van der Waals surface area contributed by atoms with E-state index in [1.807, 2.05) is 5.32 Å². The third kappa shape index (κ3) is 1.80. The highest BCUT2D eigenvalue weighted by molar-refractivity contribution is 5.84. The molecule has 0 radical (unpaired) electrons. The van der Waals surface area contributed by atoms with Crippen molar-refractivity contribution in [1.82, 2.24) is 5.32 Å². The first-order valence-electron chi connectivity index (χ1n) is 4.08. The van der Waals surface area contributed by atoms with E-state index in [1.165, 1.54) is 29.3 Å². The number of aryl methyl sites for hydroxylation is 2. The van der Waals surface area contributed by atoms with Crippen LogP contribution in [0.15, 0.2) is 12.1 Å². The molecule has 1 amide bonds. The number of nitrogens with one attached hydrogen (secondary N) is 1. The summed E-state index contributed by atoms with van der Waals surface area (Å²) in [6.45, 7) is 4.32. The fraction of sp³-hybridized carbons (Fsp3) is 0.300. The van der Waals surface area contributed by atoms with Gasteiger partial charge in [0.25, 0.3) is 0 Å². The minimum absolute atomic E-state index is 0.995. The van der Waals surface area contributed by atoms with E-state index in [1.54, 1.807) is 0 Å². The Morgan fingerprint density at radius 3 is 1.77 bits per heavy atom. The summed E-state index contributed by atoms with van der Waals surface area (Å²) >= 11 is 0. The number of carboxylic acid groups (broad SMARTS) is 1. The van der Waals surface area contributed by atoms with Gasteiger partial charge in [-0.05, 0) is 36.1 Å². The molecule has 0 saturated heterocycles. The molecule has 0 fully saturated rings. The third-order valence-corrected chi connectivity index (χ3v) is 2.04. The fourth-order valence-electron chi connectivity index (χ4n) is 1.41. The lowest BCUT2D eigenvalue weighted by Crippen LogP contribution is -2.13. The molecule has 0 aromatic rings. The predicted octanol–water partition coefficient (Wildman–Crippen LogP) is 2.17. The molecule has 2 N–H and O–H groups in total. The normalized spacial score (nSPS) is 9.77. The van der Waals surface area contributed by atoms with Gasteiger partial charge in [-0.2, -0.15) is 0 Å². The van der Waals surface area contributed by atoms with Crippen molar-refractivity contribution in [3.05, 3.63) is 23.3 Å². The van der Waals surface area contributed by atoms with Crippen LogP contribution in [-0.2, 0) is 0 Å². The number of hydrogen-bond donors (Lipinski definition) is 2. The number of fused-ring (bicyclic) bond motifs is 1. The molecule has 0 spiro atoms. The van der Waals surface area contributed by atoms with E-state index in [4.69, 9.17) is 5.11 Å². The summed E-state index contributed by atoms with van der Waals surface area (Å²) in [6.07, 6.45) is -0.995. The molecule has 0 saturated carbocycles. The van der Waals surface area contributed by atoms with Crippen molar-refractivity contribution in [3.63, 3.8) is 0 Å². The maximum Gasteiger partial charge on any atom is 0.404 e. The van der Waals surface area contributed by atoms with Gasteiger partial charge in [0.2, 0.25) is 0 Å². The summed E-state index contributed by atoms with van der Waals surface area (Å²) in [5, 5.41) is 9.56. The highest BCUT2D eigenvalue weighted by Crippen LogP contribution is 2.39. The number of rotatable bonds is 0. The Morgan fingerprint density at radius 1 is 1.31 bits per heavy atom. The van der Waals surface area contributed by atoms with E-state index in [0.29, 0.717) is 0 Å². The summed E-state index contributed by atoms with van der Waals surface area (Å²) < 4.78 is 0. The summed E-state index contributed by atoms with van der Waals surface area (Å²) in [6, 6.07) is 4.45. The van der Waals surface area contributed by atoms with Gasteiger partial charge in [-0.25, -0.2) is 4.79 Å². The van der Waals surface area contributed by atoms with Crippen LogP contribution in [0.5, 0.6) is 0 Å². The lowest BCUT2D eigenvalue weighted by molar-refractivity contribution is 0.197. The molecule has 0 aromatic heterocycles. The van der Waals surface area contributed by atoms with E-state index < -0.39 is 6.09 Å². The van der Waals surface area contributed by atoms with Gasteiger partial charge in [-0.1, -0.05) is 12.1 Å². The van der Waals surface area contributed by atoms with E-state index in [9.17, 15) is 4.79 Å². The van der Waals surface area contributed by atoms with Crippen LogP contribution in [0.1, 0.15) is 11.1 Å². The standard InChI is InChI=1S/C8H8.C2H5NO2/c1-5-3-7-4-6(2)8(5)7;1-3-2(4)5/h3-4H,1-2H3;3H,1H3,(H,4,5). The molecule has 2 aliphatic carbocycles. The van der Waals surface area contributed by atoms with Gasteiger partial charge in [0.1, 0.15) is 0 Å². The van der Waals surface area contributed by atoms with Crippen LogP contribution in [0, 0.1) is 13.8 Å². The Balaban J connectivity index is 0.000000149. The molecule has 0 unspecified atom stereocenters. The lowest BCUT2D eigenvalue weighted by Gasteiger charge is -2.22. The second kappa shape index (κ2) is 3.47. The predicted molar refractivity (Wildman–Crippen MR) is 52.0 cm³/mol. The quantitative estimate of drug-likeness (QED) is 0.651. The molecule has 70 valence electrons. The van der Waals surface area contributed by atoms with Crippen molar-refractivity contribution in [2.24, 2.45) is 0 Å². The Labute approximate surface area is 77.4 Å². The molecule has 0 atom stereocenters. The molecule has 3 nitrogen and oxygen atoms in total. The number of hydrogen-bond acceptors (Lipinski definition) is 1. The Kier molecular flexibility index (Phi) is 2.56. The minimum atomic E-state index is -0.995. The SMILES string of the molecule is CNC(=O)O.Cc1cc2cc(C)c1-2. The first-order valence-corrected chi connectivity index (χ1v) is 4.08. The van der Waals surface area contributed by atoms with Crippen molar-refractivity contribution < 1.29 is 9.90 Å². The maximum absolute atomic E-state index is 9.26. The van der Waals surface area contributed by atoms with Crippen LogP contribution >= 0.6 is 0 Å². The molecule has 3 heteroatoms. The molecule has 0 aliphatic heterocycles. The molecule has 0 bridgehead atoms. The Hall–Kier alpha value is -1.51. The first-order chi connectivity index (χ1) is 6.06. The van der Waals surface area contributed by atoms with Crippen molar-refractivity contribution >= 4 is 6.09 Å². The summed E-state index contributed by atoms with van der Waals surface area (Å²) in [4.78, 5) is 9.26. The lowest BCUT2D eigenvalue weighted by atomic mass is 9.82. The zero-order valence-electron chi connectivity index (χ0n) is 8.01. The van der Waals surface area contributed by atoms with Crippen molar-refractivity contribution in [3.8, 4) is 11.1 Å². The van der Waals surface area contributed by atoms with Crippen LogP contribution in [0.3, 0.4) is 0 Å². The van der Waals surface area contributed by atoms with Gasteiger partial charge in [0.05, 0.1) is 0 Å². The molecular weight excluding hydrogens is 166 g/mol. The van der Waals surface area contributed by atoms with E-state index in [2.05, 4.69) is 26.0 Å². The average Bonchev–Trinajstić information content (AvgIpc) is 2.03. The van der Waals surface area contributed by atoms with Crippen molar-refractivity contribution in [2.45, 2.75) is 13.8 Å². The number of benzene rings is 1. The van der Waals surface area contributed by atoms with Gasteiger partial charge in [-0.3, -0.25) is 0 Å². The molecule has 13 heavy (non-hydrogen) atoms. The van der Waals surface area contributed by atoms with Gasteiger partial charge < -0.3 is 10.4 Å². The Morgan fingerprint density at radius 2 is 1.69 bits per heavy atom. The van der Waals surface area contributed by atoms with Crippen molar-refractivity contribution in [1.29, 1.82) is 0 Å². The van der Waals surface area contributed by atoms with E-state index in [0.717, 1.165) is 0 Å². The van der Waals surface area contributed by atoms with Crippen LogP contribution in [0.25, 0.3) is 11.1 Å². The minimum Gasteiger partial charge on any atom is -0.465 e. The maximum atomic E-state index is 9.26. The monoisotopic (exact) mass is 179 g/mol. The van der Waals surface area contributed by atoms with Crippen LogP contribution in [0.2, 0.25) is 0 Å². The van der Waals surface area contributed by atoms with Crippen LogP contribution in [-0.4, -0.2) is 18.2 Å². The van der Waals surface area contributed by atoms with E-state index >= 15 is 0 Å². The molecule has 0 heterocycles. The van der Waals surface area contributed by atoms with Gasteiger partial charge in [-0.15, -0.1) is 0 Å². The van der Waals surface area contributed by atoms with Crippen molar-refractivity contribution in [2.75, 3.05) is 7.05 Å². The highest BCUT2D eigenvalue weighted by Gasteiger charge is 2.16. The molecule has 0 aromatic carbocycles. The zero-order chi connectivity index (χ0) is 10.0. The Bertz CT molecular complexity index is 322. The summed E-state index contributed by atoms with van der Waals surface area (Å²) in [5.74, 6) is 0. The molecule has 2 rings (SSSR count). The summed E-state index contributed by atoms with van der Waals surface area (Å²) in [5.41, 5.74) is 5.89. The van der Waals surface area contributed by atoms with Crippen LogP contribution < -0.4 is 5.32 Å². The highest BCUT2D eigenvalue weighted by atomic mass is 16.4. The molecule has 2 aliphatic rings. The summed E-state index contributed by atoms with van der Waals surface area (Å²) in [7, 11) is 1.35. The largest absolute Gasteiger partial charge is 0.465 e. The second-order valence-corrected chi connectivity index (χ2v) is 3.04. The number of amides is 1. The average molecular weight is 179 g/mol. The zero-order valence-corrected chi connectivity index (χ0v) is 8.01. The van der Waals surface area contributed by atoms with Crippen LogP contribution in [0.4, 0.5) is 4.79 Å². The smallest absolute Gasteiger partial charge is 0.404 e. The third-order valence-electron chi connectivity index (χ3n) is 2.04. The van der Waals surface area contributed by atoms with Gasteiger partial charge in [0, 0.05) is 7.05 Å². The van der Waals surface area contributed by atoms with E-state index in [-0.39, 0.29) is 0 Å². The second-order valence-electron chi connectivity index (χ2n) is 3.04. The number of carbonyl (C=O) groups is 1. The van der Waals surface area contributed by atoms with Gasteiger partial charge >= 0.3 is 6.09 Å².